The molecule has 3 nitrogen and oxygen atoms in total. The number of aliphatic hydroxyl groups excluding tert-OH is 1. The molecule has 1 saturated carbocycles. The molecule has 19 heavy (non-hydrogen) atoms. The first-order chi connectivity index (χ1) is 9.15. The van der Waals surface area contributed by atoms with E-state index in [-0.39, 0.29) is 0 Å². The summed E-state index contributed by atoms with van der Waals surface area (Å²) in [7, 11) is 0. The maximum atomic E-state index is 9.49. The van der Waals surface area contributed by atoms with Crippen LogP contribution in [0.2, 0.25) is 0 Å². The molecule has 0 aromatic carbocycles. The Kier molecular flexibility index (Phi) is 5.67. The van der Waals surface area contributed by atoms with Crippen molar-refractivity contribution in [3.8, 4) is 0 Å². The highest BCUT2D eigenvalue weighted by atomic mass is 16.3. The van der Waals surface area contributed by atoms with Crippen LogP contribution in [-0.4, -0.2) is 48.3 Å². The van der Waals surface area contributed by atoms with E-state index >= 15 is 0 Å². The number of hydrogen-bond donors (Lipinski definition) is 2. The molecular weight excluding hydrogens is 236 g/mol. The van der Waals surface area contributed by atoms with Gasteiger partial charge in [-0.25, -0.2) is 0 Å². The van der Waals surface area contributed by atoms with Crippen molar-refractivity contribution in [2.45, 2.75) is 58.5 Å². The zero-order valence-electron chi connectivity index (χ0n) is 12.9. The highest BCUT2D eigenvalue weighted by Gasteiger charge is 2.36. The zero-order chi connectivity index (χ0) is 13.8. The smallest absolute Gasteiger partial charge is 0.0586 e. The Morgan fingerprint density at radius 1 is 1.26 bits per heavy atom. The number of hydrogen-bond acceptors (Lipinski definition) is 3. The molecule has 0 spiro atoms. The van der Waals surface area contributed by atoms with Gasteiger partial charge in [0.15, 0.2) is 0 Å². The van der Waals surface area contributed by atoms with Crippen LogP contribution in [0.25, 0.3) is 0 Å². The van der Waals surface area contributed by atoms with Crippen molar-refractivity contribution in [3.63, 3.8) is 0 Å². The third-order valence-corrected chi connectivity index (χ3v) is 5.30. The van der Waals surface area contributed by atoms with E-state index in [4.69, 9.17) is 0 Å². The molecule has 0 aromatic heterocycles. The van der Waals surface area contributed by atoms with Crippen LogP contribution in [0.4, 0.5) is 0 Å². The van der Waals surface area contributed by atoms with Gasteiger partial charge in [0, 0.05) is 18.6 Å². The summed E-state index contributed by atoms with van der Waals surface area (Å²) >= 11 is 0. The van der Waals surface area contributed by atoms with Crippen molar-refractivity contribution in [2.24, 2.45) is 17.8 Å². The average Bonchev–Trinajstić information content (AvgIpc) is 2.81. The third kappa shape index (κ3) is 3.71. The molecule has 0 radical (unpaired) electrons. The van der Waals surface area contributed by atoms with Gasteiger partial charge < -0.3 is 10.4 Å². The first-order valence-corrected chi connectivity index (χ1v) is 8.24. The van der Waals surface area contributed by atoms with Gasteiger partial charge in [0.2, 0.25) is 0 Å². The van der Waals surface area contributed by atoms with Crippen molar-refractivity contribution in [2.75, 3.05) is 26.2 Å². The lowest BCUT2D eigenvalue weighted by Crippen LogP contribution is -2.50. The Morgan fingerprint density at radius 2 is 2.05 bits per heavy atom. The maximum absolute atomic E-state index is 9.49. The second kappa shape index (κ2) is 7.05. The van der Waals surface area contributed by atoms with E-state index < -0.39 is 0 Å². The Morgan fingerprint density at radius 3 is 2.74 bits per heavy atom. The monoisotopic (exact) mass is 268 g/mol. The van der Waals surface area contributed by atoms with Crippen LogP contribution < -0.4 is 5.32 Å². The minimum absolute atomic E-state index is 0.337. The topological polar surface area (TPSA) is 35.5 Å². The maximum Gasteiger partial charge on any atom is 0.0586 e. The SMILES string of the molecule is CCNC1CC(C)CC(C)C1CN1CCCC1CO. The van der Waals surface area contributed by atoms with Crippen LogP contribution in [0, 0.1) is 17.8 Å². The molecular formula is C16H32N2O. The molecule has 0 bridgehead atoms. The van der Waals surface area contributed by atoms with Crippen molar-refractivity contribution in [1.82, 2.24) is 10.2 Å². The van der Waals surface area contributed by atoms with E-state index in [9.17, 15) is 5.11 Å². The molecule has 1 saturated heterocycles. The number of aliphatic hydroxyl groups is 1. The molecule has 2 fully saturated rings. The summed E-state index contributed by atoms with van der Waals surface area (Å²) in [5.41, 5.74) is 0. The van der Waals surface area contributed by atoms with E-state index in [2.05, 4.69) is 31.0 Å². The van der Waals surface area contributed by atoms with E-state index in [1.54, 1.807) is 0 Å². The standard InChI is InChI=1S/C16H32N2O/c1-4-17-16-9-12(2)8-13(3)15(16)10-18-7-5-6-14(18)11-19/h12-17,19H,4-11H2,1-3H3. The molecule has 5 atom stereocenters. The fourth-order valence-corrected chi connectivity index (χ4v) is 4.33. The molecule has 5 unspecified atom stereocenters. The summed E-state index contributed by atoms with van der Waals surface area (Å²) in [6.45, 7) is 10.8. The van der Waals surface area contributed by atoms with Crippen LogP contribution in [0.15, 0.2) is 0 Å². The van der Waals surface area contributed by atoms with Crippen molar-refractivity contribution in [1.29, 1.82) is 0 Å². The largest absolute Gasteiger partial charge is 0.395 e. The fraction of sp³-hybridized carbons (Fsp3) is 1.00. The lowest BCUT2D eigenvalue weighted by Gasteiger charge is -2.42. The minimum atomic E-state index is 0.337. The van der Waals surface area contributed by atoms with E-state index in [0.717, 1.165) is 24.3 Å². The van der Waals surface area contributed by atoms with Crippen LogP contribution in [-0.2, 0) is 0 Å². The van der Waals surface area contributed by atoms with E-state index in [1.807, 2.05) is 0 Å². The Bertz CT molecular complexity index is 271. The average molecular weight is 268 g/mol. The quantitative estimate of drug-likeness (QED) is 0.801. The van der Waals surface area contributed by atoms with Gasteiger partial charge in [0.05, 0.1) is 6.61 Å². The summed E-state index contributed by atoms with van der Waals surface area (Å²) in [5, 5.41) is 13.2. The van der Waals surface area contributed by atoms with Crippen LogP contribution in [0.3, 0.4) is 0 Å². The predicted molar refractivity (Wildman–Crippen MR) is 80.2 cm³/mol. The molecule has 2 rings (SSSR count). The third-order valence-electron chi connectivity index (χ3n) is 5.30. The fourth-order valence-electron chi connectivity index (χ4n) is 4.33. The minimum Gasteiger partial charge on any atom is -0.395 e. The normalized spacial score (nSPS) is 40.7. The Labute approximate surface area is 118 Å². The molecule has 0 amide bonds. The van der Waals surface area contributed by atoms with Crippen molar-refractivity contribution < 1.29 is 5.11 Å². The molecule has 2 N–H and O–H groups in total. The molecule has 1 aliphatic carbocycles. The van der Waals surface area contributed by atoms with E-state index in [1.165, 1.54) is 38.8 Å². The molecule has 3 heteroatoms. The van der Waals surface area contributed by atoms with Gasteiger partial charge in [-0.2, -0.15) is 0 Å². The van der Waals surface area contributed by atoms with E-state index in [0.29, 0.717) is 18.7 Å². The molecule has 112 valence electrons. The second-order valence-electron chi connectivity index (χ2n) is 6.86. The summed E-state index contributed by atoms with van der Waals surface area (Å²) in [4.78, 5) is 2.54. The lowest BCUT2D eigenvalue weighted by atomic mass is 9.72. The summed E-state index contributed by atoms with van der Waals surface area (Å²) < 4.78 is 0. The van der Waals surface area contributed by atoms with Crippen molar-refractivity contribution >= 4 is 0 Å². The lowest BCUT2D eigenvalue weighted by molar-refractivity contribution is 0.0792. The van der Waals surface area contributed by atoms with Gasteiger partial charge in [-0.1, -0.05) is 20.8 Å². The van der Waals surface area contributed by atoms with Crippen LogP contribution in [0.1, 0.15) is 46.5 Å². The number of rotatable bonds is 5. The van der Waals surface area contributed by atoms with Crippen LogP contribution in [0.5, 0.6) is 0 Å². The molecule has 2 aliphatic rings. The van der Waals surface area contributed by atoms with Gasteiger partial charge in [-0.3, -0.25) is 4.90 Å². The van der Waals surface area contributed by atoms with Gasteiger partial charge in [0.1, 0.15) is 0 Å². The Balaban J connectivity index is 1.98. The van der Waals surface area contributed by atoms with Gasteiger partial charge in [0.25, 0.3) is 0 Å². The first kappa shape index (κ1) is 15.3. The van der Waals surface area contributed by atoms with Crippen molar-refractivity contribution in [3.05, 3.63) is 0 Å². The first-order valence-electron chi connectivity index (χ1n) is 8.24. The summed E-state index contributed by atoms with van der Waals surface area (Å²) in [6, 6.07) is 1.09. The predicted octanol–water partition coefficient (Wildman–Crippen LogP) is 2.10. The van der Waals surface area contributed by atoms with Gasteiger partial charge >= 0.3 is 0 Å². The molecule has 0 aromatic rings. The Hall–Kier alpha value is -0.120. The molecule has 1 aliphatic heterocycles. The summed E-state index contributed by atoms with van der Waals surface area (Å²) in [6.07, 6.45) is 5.12. The summed E-state index contributed by atoms with van der Waals surface area (Å²) in [5.74, 6) is 2.40. The highest BCUT2D eigenvalue weighted by molar-refractivity contribution is 4.91. The molecule has 1 heterocycles. The zero-order valence-corrected chi connectivity index (χ0v) is 12.9. The second-order valence-corrected chi connectivity index (χ2v) is 6.86. The number of nitrogens with zero attached hydrogens (tertiary/aromatic N) is 1. The van der Waals surface area contributed by atoms with Gasteiger partial charge in [-0.15, -0.1) is 0 Å². The number of likely N-dealkylation sites (tertiary alicyclic amines) is 1. The highest BCUT2D eigenvalue weighted by Crippen LogP contribution is 2.35. The van der Waals surface area contributed by atoms with Gasteiger partial charge in [-0.05, 0) is 56.5 Å². The van der Waals surface area contributed by atoms with Crippen LogP contribution >= 0.6 is 0 Å². The number of nitrogens with one attached hydrogen (secondary N) is 1.